The van der Waals surface area contributed by atoms with E-state index in [4.69, 9.17) is 14.2 Å². The van der Waals surface area contributed by atoms with Gasteiger partial charge < -0.3 is 24.6 Å². The molecular weight excluding hydrogens is 526 g/mol. The van der Waals surface area contributed by atoms with Crippen LogP contribution in [0.2, 0.25) is 0 Å². The minimum absolute atomic E-state index is 0.00205. The number of methoxy groups -OCH3 is 2. The van der Waals surface area contributed by atoms with Crippen LogP contribution in [0.3, 0.4) is 0 Å². The number of halogens is 1. The summed E-state index contributed by atoms with van der Waals surface area (Å²) in [6.45, 7) is 4.04. The zero-order chi connectivity index (χ0) is 26.0. The molecule has 0 aromatic heterocycles. The molecule has 1 aliphatic carbocycles. The highest BCUT2D eigenvalue weighted by atomic mass is 79.9. The molecule has 190 valence electrons. The standard InChI is InChI=1S/C28H30BrNO6/c1-5-10-36-28(33)24-15(2)30-21-12-17(16-6-8-19(34-3)9-7-16)13-22(31)26(21)25(24)18-11-20(29)27(32)23(14-18)35-4/h6-9,11,14,17,25,30,32H,5,10,12-13H2,1-4H3. The molecule has 2 unspecified atom stereocenters. The number of esters is 1. The Hall–Kier alpha value is -3.26. The lowest BCUT2D eigenvalue weighted by atomic mass is 9.71. The van der Waals surface area contributed by atoms with Crippen LogP contribution >= 0.6 is 15.9 Å². The highest BCUT2D eigenvalue weighted by Crippen LogP contribution is 2.48. The summed E-state index contributed by atoms with van der Waals surface area (Å²) in [6, 6.07) is 11.2. The minimum Gasteiger partial charge on any atom is -0.503 e. The van der Waals surface area contributed by atoms with Crippen LogP contribution in [-0.2, 0) is 14.3 Å². The fourth-order valence-electron chi connectivity index (χ4n) is 4.94. The lowest BCUT2D eigenvalue weighted by Crippen LogP contribution is -2.36. The highest BCUT2D eigenvalue weighted by molar-refractivity contribution is 9.10. The van der Waals surface area contributed by atoms with Gasteiger partial charge in [0.15, 0.2) is 17.3 Å². The number of aromatic hydroxyl groups is 1. The van der Waals surface area contributed by atoms with Crippen LogP contribution in [0.5, 0.6) is 17.2 Å². The third-order valence-electron chi connectivity index (χ3n) is 6.68. The van der Waals surface area contributed by atoms with Crippen molar-refractivity contribution < 1.29 is 28.9 Å². The summed E-state index contributed by atoms with van der Waals surface area (Å²) in [5, 5.41) is 13.7. The molecule has 2 atom stereocenters. The van der Waals surface area contributed by atoms with Gasteiger partial charge in [0.05, 0.1) is 30.9 Å². The molecule has 0 fully saturated rings. The molecule has 1 aliphatic heterocycles. The first kappa shape index (κ1) is 25.8. The number of ketones is 1. The second-order valence-corrected chi connectivity index (χ2v) is 9.83. The lowest BCUT2D eigenvalue weighted by molar-refractivity contribution is -0.139. The Labute approximate surface area is 219 Å². The molecule has 8 heteroatoms. The van der Waals surface area contributed by atoms with Crippen LogP contribution in [0.1, 0.15) is 56.1 Å². The van der Waals surface area contributed by atoms with E-state index in [9.17, 15) is 14.7 Å². The predicted molar refractivity (Wildman–Crippen MR) is 139 cm³/mol. The molecule has 36 heavy (non-hydrogen) atoms. The van der Waals surface area contributed by atoms with E-state index in [1.807, 2.05) is 38.1 Å². The Morgan fingerprint density at radius 1 is 1.11 bits per heavy atom. The second kappa shape index (κ2) is 10.8. The molecule has 0 bridgehead atoms. The molecule has 2 aromatic rings. The highest BCUT2D eigenvalue weighted by Gasteiger charge is 2.42. The monoisotopic (exact) mass is 555 g/mol. The van der Waals surface area contributed by atoms with Gasteiger partial charge in [0.25, 0.3) is 0 Å². The van der Waals surface area contributed by atoms with Gasteiger partial charge in [-0.15, -0.1) is 0 Å². The number of hydrogen-bond donors (Lipinski definition) is 2. The first-order valence-corrected chi connectivity index (χ1v) is 12.7. The smallest absolute Gasteiger partial charge is 0.336 e. The summed E-state index contributed by atoms with van der Waals surface area (Å²) >= 11 is 3.38. The number of carbonyl (C=O) groups is 2. The molecule has 2 aromatic carbocycles. The van der Waals surface area contributed by atoms with Crippen LogP contribution in [-0.4, -0.2) is 37.7 Å². The molecule has 0 spiro atoms. The van der Waals surface area contributed by atoms with E-state index < -0.39 is 11.9 Å². The number of phenols is 1. The summed E-state index contributed by atoms with van der Waals surface area (Å²) in [7, 11) is 3.08. The number of Topliss-reactive ketones (excluding diaryl/α,β-unsaturated/α-hetero) is 1. The average molecular weight is 556 g/mol. The first-order chi connectivity index (χ1) is 17.3. The molecule has 1 heterocycles. The van der Waals surface area contributed by atoms with Gasteiger partial charge in [-0.05, 0) is 77.0 Å². The zero-order valence-corrected chi connectivity index (χ0v) is 22.4. The lowest BCUT2D eigenvalue weighted by Gasteiger charge is -2.37. The summed E-state index contributed by atoms with van der Waals surface area (Å²) in [4.78, 5) is 27.0. The van der Waals surface area contributed by atoms with Crippen molar-refractivity contribution in [3.05, 3.63) is 74.5 Å². The summed E-state index contributed by atoms with van der Waals surface area (Å²) in [5.41, 5.74) is 4.09. The number of carbonyl (C=O) groups excluding carboxylic acids is 2. The van der Waals surface area contributed by atoms with Gasteiger partial charge in [0.2, 0.25) is 0 Å². The average Bonchev–Trinajstić information content (AvgIpc) is 2.87. The maximum absolute atomic E-state index is 13.7. The fraction of sp³-hybridized carbons (Fsp3) is 0.357. The number of rotatable bonds is 7. The Balaban J connectivity index is 1.81. The fourth-order valence-corrected chi connectivity index (χ4v) is 5.40. The topological polar surface area (TPSA) is 94.1 Å². The number of phenolic OH excluding ortho intramolecular Hbond substituents is 1. The second-order valence-electron chi connectivity index (χ2n) is 8.98. The number of hydrogen-bond acceptors (Lipinski definition) is 7. The van der Waals surface area contributed by atoms with Gasteiger partial charge in [0, 0.05) is 29.3 Å². The van der Waals surface area contributed by atoms with Crippen molar-refractivity contribution in [2.24, 2.45) is 0 Å². The Morgan fingerprint density at radius 3 is 2.47 bits per heavy atom. The Kier molecular flexibility index (Phi) is 7.73. The molecule has 4 rings (SSSR count). The Bertz CT molecular complexity index is 1250. The minimum atomic E-state index is -0.652. The molecule has 2 N–H and O–H groups in total. The van der Waals surface area contributed by atoms with Gasteiger partial charge in [-0.2, -0.15) is 0 Å². The van der Waals surface area contributed by atoms with Crippen molar-refractivity contribution in [1.82, 2.24) is 5.32 Å². The summed E-state index contributed by atoms with van der Waals surface area (Å²) < 4.78 is 16.6. The van der Waals surface area contributed by atoms with Crippen molar-refractivity contribution in [3.63, 3.8) is 0 Å². The summed E-state index contributed by atoms with van der Waals surface area (Å²) in [5.74, 6) is -0.193. The molecule has 0 saturated heterocycles. The predicted octanol–water partition coefficient (Wildman–Crippen LogP) is 5.49. The number of nitrogens with one attached hydrogen (secondary N) is 1. The van der Waals surface area contributed by atoms with Crippen molar-refractivity contribution >= 4 is 27.7 Å². The first-order valence-electron chi connectivity index (χ1n) is 11.9. The SMILES string of the molecule is CCCOC(=O)C1=C(C)NC2=C(C(=O)CC(c3ccc(OC)cc3)C2)C1c1cc(Br)c(O)c(OC)c1. The maximum Gasteiger partial charge on any atom is 0.336 e. The number of dihydropyridines is 1. The summed E-state index contributed by atoms with van der Waals surface area (Å²) in [6.07, 6.45) is 1.62. The van der Waals surface area contributed by atoms with Crippen LogP contribution in [0.25, 0.3) is 0 Å². The van der Waals surface area contributed by atoms with Crippen LogP contribution in [0.4, 0.5) is 0 Å². The van der Waals surface area contributed by atoms with E-state index in [0.717, 1.165) is 17.0 Å². The number of ether oxygens (including phenoxy) is 3. The molecule has 0 radical (unpaired) electrons. The number of benzene rings is 2. The van der Waals surface area contributed by atoms with Crippen LogP contribution < -0.4 is 14.8 Å². The zero-order valence-electron chi connectivity index (χ0n) is 20.8. The third-order valence-corrected chi connectivity index (χ3v) is 7.28. The van der Waals surface area contributed by atoms with Crippen molar-refractivity contribution in [3.8, 4) is 17.2 Å². The van der Waals surface area contributed by atoms with Crippen LogP contribution in [0.15, 0.2) is 63.4 Å². The Morgan fingerprint density at radius 2 is 1.83 bits per heavy atom. The van der Waals surface area contributed by atoms with Gasteiger partial charge in [-0.1, -0.05) is 19.1 Å². The third kappa shape index (κ3) is 4.87. The van der Waals surface area contributed by atoms with Crippen molar-refractivity contribution in [2.45, 2.75) is 44.9 Å². The maximum atomic E-state index is 13.7. The van der Waals surface area contributed by atoms with E-state index in [0.29, 0.717) is 46.1 Å². The van der Waals surface area contributed by atoms with E-state index in [-0.39, 0.29) is 29.8 Å². The van der Waals surface area contributed by atoms with Gasteiger partial charge in [0.1, 0.15) is 5.75 Å². The van der Waals surface area contributed by atoms with E-state index in [1.165, 1.54) is 7.11 Å². The van der Waals surface area contributed by atoms with E-state index in [2.05, 4.69) is 21.2 Å². The molecule has 7 nitrogen and oxygen atoms in total. The largest absolute Gasteiger partial charge is 0.503 e. The van der Waals surface area contributed by atoms with Gasteiger partial charge in [-0.3, -0.25) is 4.79 Å². The molecule has 0 saturated carbocycles. The number of allylic oxidation sites excluding steroid dienone is 3. The molecule has 0 amide bonds. The molecular formula is C28H30BrNO6. The van der Waals surface area contributed by atoms with Crippen LogP contribution in [0, 0.1) is 0 Å². The van der Waals surface area contributed by atoms with Gasteiger partial charge in [-0.25, -0.2) is 4.79 Å². The van der Waals surface area contributed by atoms with Crippen molar-refractivity contribution in [2.75, 3.05) is 20.8 Å². The quantitative estimate of drug-likeness (QED) is 0.436. The van der Waals surface area contributed by atoms with Gasteiger partial charge >= 0.3 is 5.97 Å². The van der Waals surface area contributed by atoms with Crippen molar-refractivity contribution in [1.29, 1.82) is 0 Å². The van der Waals surface area contributed by atoms with E-state index >= 15 is 0 Å². The normalized spacial score (nSPS) is 19.5. The molecule has 2 aliphatic rings. The van der Waals surface area contributed by atoms with E-state index in [1.54, 1.807) is 19.2 Å².